The van der Waals surface area contributed by atoms with Crippen LogP contribution in [0, 0.1) is 0 Å². The summed E-state index contributed by atoms with van der Waals surface area (Å²) in [5.74, 6) is -0.843. The molecule has 0 bridgehead atoms. The Kier molecular flexibility index (Phi) is 8.73. The standard InChI is InChI=1S/C24H29N3O5S/c1-27(2)13-21(23(30)25-11-12-33-15-22(28)29)26-24(31)32-14-20-18-9-5-3-7-16(18)17-8-4-6-10-19(17)20/h3-10,20-21H,11-15H2,1-2H3,(H,25,30)(H,26,31)(H,28,29). The Balaban J connectivity index is 1.56. The minimum Gasteiger partial charge on any atom is -0.481 e. The van der Waals surface area contributed by atoms with Crippen LogP contribution in [0.4, 0.5) is 4.79 Å². The van der Waals surface area contributed by atoms with E-state index in [0.717, 1.165) is 22.3 Å². The molecule has 3 N–H and O–H groups in total. The van der Waals surface area contributed by atoms with E-state index in [0.29, 0.717) is 18.8 Å². The van der Waals surface area contributed by atoms with Gasteiger partial charge in [-0.3, -0.25) is 9.59 Å². The fourth-order valence-electron chi connectivity index (χ4n) is 3.87. The number of nitrogens with zero attached hydrogens (tertiary/aromatic N) is 1. The Bertz CT molecular complexity index is 952. The summed E-state index contributed by atoms with van der Waals surface area (Å²) in [5, 5.41) is 14.1. The molecule has 0 aliphatic heterocycles. The lowest BCUT2D eigenvalue weighted by Crippen LogP contribution is -2.52. The number of thioether (sulfide) groups is 1. The average molecular weight is 472 g/mol. The molecule has 3 rings (SSSR count). The van der Waals surface area contributed by atoms with E-state index in [1.807, 2.05) is 50.5 Å². The van der Waals surface area contributed by atoms with Crippen molar-refractivity contribution < 1.29 is 24.2 Å². The van der Waals surface area contributed by atoms with Gasteiger partial charge in [0.2, 0.25) is 5.91 Å². The molecule has 0 radical (unpaired) electrons. The number of aliphatic carboxylic acids is 1. The lowest BCUT2D eigenvalue weighted by atomic mass is 9.98. The summed E-state index contributed by atoms with van der Waals surface area (Å²) >= 11 is 1.22. The Labute approximate surface area is 197 Å². The van der Waals surface area contributed by atoms with Crippen LogP contribution in [-0.4, -0.2) is 79.3 Å². The molecule has 0 spiro atoms. The number of carbonyl (C=O) groups excluding carboxylic acids is 2. The highest BCUT2D eigenvalue weighted by atomic mass is 32.2. The summed E-state index contributed by atoms with van der Waals surface area (Å²) in [6.07, 6.45) is -0.654. The van der Waals surface area contributed by atoms with E-state index >= 15 is 0 Å². The molecule has 1 aliphatic rings. The van der Waals surface area contributed by atoms with Crippen molar-refractivity contribution in [1.82, 2.24) is 15.5 Å². The van der Waals surface area contributed by atoms with E-state index in [1.165, 1.54) is 11.8 Å². The smallest absolute Gasteiger partial charge is 0.407 e. The lowest BCUT2D eigenvalue weighted by molar-refractivity contribution is -0.133. The van der Waals surface area contributed by atoms with Gasteiger partial charge in [-0.1, -0.05) is 48.5 Å². The molecule has 0 saturated carbocycles. The molecule has 1 atom stereocenters. The van der Waals surface area contributed by atoms with Gasteiger partial charge in [0, 0.05) is 24.8 Å². The molecule has 176 valence electrons. The van der Waals surface area contributed by atoms with Crippen molar-refractivity contribution in [2.75, 3.05) is 45.3 Å². The number of alkyl carbamates (subject to hydrolysis) is 1. The van der Waals surface area contributed by atoms with Crippen molar-refractivity contribution in [3.63, 3.8) is 0 Å². The first-order chi connectivity index (χ1) is 15.9. The number of ether oxygens (including phenoxy) is 1. The van der Waals surface area contributed by atoms with E-state index in [2.05, 4.69) is 22.8 Å². The highest BCUT2D eigenvalue weighted by Crippen LogP contribution is 2.44. The third kappa shape index (κ3) is 6.72. The predicted octanol–water partition coefficient (Wildman–Crippen LogP) is 2.39. The molecule has 2 amide bonds. The molecule has 2 aromatic rings. The van der Waals surface area contributed by atoms with Gasteiger partial charge in [-0.05, 0) is 36.3 Å². The number of rotatable bonds is 11. The van der Waals surface area contributed by atoms with Gasteiger partial charge in [0.25, 0.3) is 0 Å². The van der Waals surface area contributed by atoms with Gasteiger partial charge < -0.3 is 25.4 Å². The molecule has 33 heavy (non-hydrogen) atoms. The summed E-state index contributed by atoms with van der Waals surface area (Å²) in [6.45, 7) is 0.785. The molecule has 0 heterocycles. The van der Waals surface area contributed by atoms with Gasteiger partial charge in [0.05, 0.1) is 5.75 Å². The number of carbonyl (C=O) groups is 3. The van der Waals surface area contributed by atoms with Crippen molar-refractivity contribution in [3.8, 4) is 11.1 Å². The maximum atomic E-state index is 12.6. The molecular weight excluding hydrogens is 442 g/mol. The van der Waals surface area contributed by atoms with Crippen LogP contribution < -0.4 is 10.6 Å². The second kappa shape index (κ2) is 11.7. The number of carboxylic acids is 1. The third-order valence-corrected chi connectivity index (χ3v) is 6.22. The summed E-state index contributed by atoms with van der Waals surface area (Å²) in [4.78, 5) is 37.5. The maximum absolute atomic E-state index is 12.6. The molecule has 0 saturated heterocycles. The number of fused-ring (bicyclic) bond motifs is 3. The third-order valence-electron chi connectivity index (χ3n) is 5.27. The van der Waals surface area contributed by atoms with Gasteiger partial charge in [-0.2, -0.15) is 0 Å². The van der Waals surface area contributed by atoms with Crippen LogP contribution in [-0.2, 0) is 14.3 Å². The van der Waals surface area contributed by atoms with Gasteiger partial charge in [0.15, 0.2) is 0 Å². The molecule has 2 aromatic carbocycles. The number of carboxylic acid groups (broad SMARTS) is 1. The molecule has 0 fully saturated rings. The zero-order valence-electron chi connectivity index (χ0n) is 18.7. The molecule has 1 aliphatic carbocycles. The van der Waals surface area contributed by atoms with Crippen molar-refractivity contribution in [2.45, 2.75) is 12.0 Å². The number of likely N-dealkylation sites (N-methyl/N-ethyl adjacent to an activating group) is 1. The van der Waals surface area contributed by atoms with E-state index in [-0.39, 0.29) is 24.2 Å². The summed E-state index contributed by atoms with van der Waals surface area (Å²) in [7, 11) is 3.62. The minimum atomic E-state index is -0.895. The molecule has 1 unspecified atom stereocenters. The van der Waals surface area contributed by atoms with Crippen LogP contribution in [0.2, 0.25) is 0 Å². The van der Waals surface area contributed by atoms with Crippen LogP contribution in [0.15, 0.2) is 48.5 Å². The SMILES string of the molecule is CN(C)CC(NC(=O)OCC1c2ccccc2-c2ccccc21)C(=O)NCCSCC(=O)O. The van der Waals surface area contributed by atoms with Crippen molar-refractivity contribution in [3.05, 3.63) is 59.7 Å². The van der Waals surface area contributed by atoms with Crippen molar-refractivity contribution >= 4 is 29.7 Å². The van der Waals surface area contributed by atoms with Crippen LogP contribution in [0.5, 0.6) is 0 Å². The zero-order valence-corrected chi connectivity index (χ0v) is 19.6. The van der Waals surface area contributed by atoms with Crippen LogP contribution in [0.3, 0.4) is 0 Å². The lowest BCUT2D eigenvalue weighted by Gasteiger charge is -2.22. The molecule has 9 heteroatoms. The second-order valence-electron chi connectivity index (χ2n) is 8.02. The number of nitrogens with one attached hydrogen (secondary N) is 2. The fraction of sp³-hybridized carbons (Fsp3) is 0.375. The Morgan fingerprint density at radius 1 is 1.06 bits per heavy atom. The number of benzene rings is 2. The minimum absolute atomic E-state index is 0.0189. The van der Waals surface area contributed by atoms with E-state index in [9.17, 15) is 14.4 Å². The quantitative estimate of drug-likeness (QED) is 0.432. The first-order valence-electron chi connectivity index (χ1n) is 10.7. The summed E-state index contributed by atoms with van der Waals surface area (Å²) in [6, 6.07) is 15.4. The van der Waals surface area contributed by atoms with Gasteiger partial charge in [0.1, 0.15) is 12.6 Å². The summed E-state index contributed by atoms with van der Waals surface area (Å²) in [5.41, 5.74) is 4.53. The number of amides is 2. The topological polar surface area (TPSA) is 108 Å². The first-order valence-corrected chi connectivity index (χ1v) is 11.9. The molecule has 0 aromatic heterocycles. The Morgan fingerprint density at radius 2 is 1.67 bits per heavy atom. The van der Waals surface area contributed by atoms with Crippen LogP contribution >= 0.6 is 11.8 Å². The zero-order chi connectivity index (χ0) is 23.8. The normalized spacial score (nSPS) is 13.2. The average Bonchev–Trinajstić information content (AvgIpc) is 3.10. The van der Waals surface area contributed by atoms with Gasteiger partial charge in [-0.25, -0.2) is 4.79 Å². The van der Waals surface area contributed by atoms with E-state index in [4.69, 9.17) is 9.84 Å². The Hall–Kier alpha value is -3.04. The van der Waals surface area contributed by atoms with Crippen molar-refractivity contribution in [2.24, 2.45) is 0 Å². The largest absolute Gasteiger partial charge is 0.481 e. The van der Waals surface area contributed by atoms with E-state index in [1.54, 1.807) is 4.90 Å². The summed E-state index contributed by atoms with van der Waals surface area (Å²) < 4.78 is 5.55. The fourth-order valence-corrected chi connectivity index (χ4v) is 4.44. The first kappa shape index (κ1) is 24.6. The molecule has 8 nitrogen and oxygen atoms in total. The molecular formula is C24H29N3O5S. The van der Waals surface area contributed by atoms with E-state index < -0.39 is 18.1 Å². The highest BCUT2D eigenvalue weighted by Gasteiger charge is 2.29. The number of hydrogen-bond donors (Lipinski definition) is 3. The monoisotopic (exact) mass is 471 g/mol. The van der Waals surface area contributed by atoms with Crippen molar-refractivity contribution in [1.29, 1.82) is 0 Å². The Morgan fingerprint density at radius 3 is 2.24 bits per heavy atom. The van der Waals surface area contributed by atoms with Crippen LogP contribution in [0.25, 0.3) is 11.1 Å². The maximum Gasteiger partial charge on any atom is 0.407 e. The van der Waals surface area contributed by atoms with Crippen LogP contribution in [0.1, 0.15) is 17.0 Å². The predicted molar refractivity (Wildman–Crippen MR) is 129 cm³/mol. The second-order valence-corrected chi connectivity index (χ2v) is 9.13. The highest BCUT2D eigenvalue weighted by molar-refractivity contribution is 7.99. The van der Waals surface area contributed by atoms with Gasteiger partial charge in [-0.15, -0.1) is 11.8 Å². The number of hydrogen-bond acceptors (Lipinski definition) is 6. The van der Waals surface area contributed by atoms with Gasteiger partial charge >= 0.3 is 12.1 Å².